The molecule has 0 atom stereocenters. The van der Waals surface area contributed by atoms with E-state index in [4.69, 9.17) is 11.6 Å². The first-order valence-electron chi connectivity index (χ1n) is 8.77. The molecular formula is C19H22ClN3O3S. The number of amides is 1. The summed E-state index contributed by atoms with van der Waals surface area (Å²) in [7, 11) is -3.56. The van der Waals surface area contributed by atoms with Crippen LogP contribution in [-0.2, 0) is 14.8 Å². The monoisotopic (exact) mass is 407 g/mol. The number of halogens is 1. The van der Waals surface area contributed by atoms with Gasteiger partial charge in [0.1, 0.15) is 0 Å². The second kappa shape index (κ2) is 8.84. The van der Waals surface area contributed by atoms with Crippen LogP contribution >= 0.6 is 11.6 Å². The molecule has 144 valence electrons. The Hall–Kier alpha value is -1.93. The van der Waals surface area contributed by atoms with Crippen molar-refractivity contribution in [2.75, 3.05) is 25.0 Å². The van der Waals surface area contributed by atoms with Gasteiger partial charge in [-0.3, -0.25) is 9.69 Å². The number of carbonyl (C=O) groups is 1. The van der Waals surface area contributed by atoms with Crippen molar-refractivity contribution in [1.29, 1.82) is 0 Å². The number of hydrogen-bond acceptors (Lipinski definition) is 4. The quantitative estimate of drug-likeness (QED) is 0.771. The van der Waals surface area contributed by atoms with Gasteiger partial charge >= 0.3 is 0 Å². The van der Waals surface area contributed by atoms with Crippen LogP contribution in [-0.4, -0.2) is 44.9 Å². The van der Waals surface area contributed by atoms with Crippen molar-refractivity contribution in [2.24, 2.45) is 0 Å². The zero-order valence-corrected chi connectivity index (χ0v) is 16.3. The first kappa shape index (κ1) is 19.8. The van der Waals surface area contributed by atoms with Gasteiger partial charge in [-0.15, -0.1) is 0 Å². The largest absolute Gasteiger partial charge is 0.325 e. The Bertz CT molecular complexity index is 865. The van der Waals surface area contributed by atoms with Crippen LogP contribution in [0.3, 0.4) is 0 Å². The number of benzene rings is 2. The zero-order valence-electron chi connectivity index (χ0n) is 14.8. The number of rotatable bonds is 6. The van der Waals surface area contributed by atoms with Crippen LogP contribution < -0.4 is 10.0 Å². The molecule has 1 saturated heterocycles. The highest BCUT2D eigenvalue weighted by Crippen LogP contribution is 2.17. The number of sulfonamides is 1. The average Bonchev–Trinajstić information content (AvgIpc) is 2.64. The summed E-state index contributed by atoms with van der Waals surface area (Å²) in [6.45, 7) is 1.62. The Labute approximate surface area is 164 Å². The lowest BCUT2D eigenvalue weighted by Gasteiger charge is -2.31. The summed E-state index contributed by atoms with van der Waals surface area (Å²) in [6, 6.07) is 15.3. The Morgan fingerprint density at radius 3 is 2.30 bits per heavy atom. The number of nitrogens with zero attached hydrogens (tertiary/aromatic N) is 1. The summed E-state index contributed by atoms with van der Waals surface area (Å²) in [5, 5.41) is 3.36. The molecule has 2 N–H and O–H groups in total. The fourth-order valence-electron chi connectivity index (χ4n) is 3.04. The van der Waals surface area contributed by atoms with E-state index in [1.165, 1.54) is 12.1 Å². The topological polar surface area (TPSA) is 78.5 Å². The van der Waals surface area contributed by atoms with Crippen LogP contribution in [0.5, 0.6) is 0 Å². The summed E-state index contributed by atoms with van der Waals surface area (Å²) < 4.78 is 27.6. The van der Waals surface area contributed by atoms with Crippen molar-refractivity contribution >= 4 is 33.2 Å². The van der Waals surface area contributed by atoms with Crippen molar-refractivity contribution in [1.82, 2.24) is 9.62 Å². The predicted octanol–water partition coefficient (Wildman–Crippen LogP) is 2.72. The molecule has 1 amide bonds. The molecule has 0 radical (unpaired) electrons. The summed E-state index contributed by atoms with van der Waals surface area (Å²) in [4.78, 5) is 14.4. The van der Waals surface area contributed by atoms with Crippen molar-refractivity contribution in [3.63, 3.8) is 0 Å². The standard InChI is InChI=1S/C19H22ClN3O3S/c20-15-6-8-18(9-7-15)27(25,26)22-17-10-12-23(13-11-17)14-19(24)21-16-4-2-1-3-5-16/h1-9,17,22H,10-14H2,(H,21,24). The number of nitrogens with one attached hydrogen (secondary N) is 2. The number of anilines is 1. The van der Waals surface area contributed by atoms with Crippen molar-refractivity contribution in [3.05, 3.63) is 59.6 Å². The van der Waals surface area contributed by atoms with E-state index in [1.807, 2.05) is 35.2 Å². The Morgan fingerprint density at radius 1 is 1.04 bits per heavy atom. The van der Waals surface area contributed by atoms with Gasteiger partial charge in [-0.1, -0.05) is 29.8 Å². The first-order chi connectivity index (χ1) is 12.9. The van der Waals surface area contributed by atoms with Crippen LogP contribution in [0, 0.1) is 0 Å². The Balaban J connectivity index is 1.47. The third kappa shape index (κ3) is 5.77. The minimum atomic E-state index is -3.56. The highest BCUT2D eigenvalue weighted by atomic mass is 35.5. The molecule has 1 fully saturated rings. The number of hydrogen-bond donors (Lipinski definition) is 2. The number of likely N-dealkylation sites (tertiary alicyclic amines) is 1. The number of piperidine rings is 1. The molecule has 0 unspecified atom stereocenters. The summed E-state index contributed by atoms with van der Waals surface area (Å²) >= 11 is 5.81. The second-order valence-corrected chi connectivity index (χ2v) is 8.69. The van der Waals surface area contributed by atoms with Gasteiger partial charge in [0.15, 0.2) is 0 Å². The van der Waals surface area contributed by atoms with Gasteiger partial charge in [0, 0.05) is 29.8 Å². The van der Waals surface area contributed by atoms with Gasteiger partial charge in [0.25, 0.3) is 0 Å². The van der Waals surface area contributed by atoms with Crippen LogP contribution in [0.25, 0.3) is 0 Å². The van der Waals surface area contributed by atoms with Crippen molar-refractivity contribution in [2.45, 2.75) is 23.8 Å². The summed E-state index contributed by atoms with van der Waals surface area (Å²) in [6.07, 6.45) is 1.32. The first-order valence-corrected chi connectivity index (χ1v) is 10.6. The normalized spacial score (nSPS) is 16.2. The second-order valence-electron chi connectivity index (χ2n) is 6.54. The number of carbonyl (C=O) groups excluding carboxylic acids is 1. The molecule has 2 aromatic rings. The van der Waals surface area contributed by atoms with Gasteiger partial charge in [0.05, 0.1) is 11.4 Å². The van der Waals surface area contributed by atoms with Gasteiger partial charge in [-0.25, -0.2) is 13.1 Å². The Morgan fingerprint density at radius 2 is 1.67 bits per heavy atom. The molecule has 1 heterocycles. The van der Waals surface area contributed by atoms with Gasteiger partial charge in [-0.05, 0) is 49.2 Å². The van der Waals surface area contributed by atoms with E-state index >= 15 is 0 Å². The minimum absolute atomic E-state index is 0.0682. The van der Waals surface area contributed by atoms with Crippen LogP contribution in [0.1, 0.15) is 12.8 Å². The fraction of sp³-hybridized carbons (Fsp3) is 0.316. The lowest BCUT2D eigenvalue weighted by Crippen LogP contribution is -2.46. The molecule has 0 bridgehead atoms. The van der Waals surface area contributed by atoms with E-state index in [9.17, 15) is 13.2 Å². The predicted molar refractivity (Wildman–Crippen MR) is 106 cm³/mol. The van der Waals surface area contributed by atoms with Crippen LogP contribution in [0.2, 0.25) is 5.02 Å². The molecule has 3 rings (SSSR count). The maximum Gasteiger partial charge on any atom is 0.240 e. The van der Waals surface area contributed by atoms with Crippen LogP contribution in [0.4, 0.5) is 5.69 Å². The lowest BCUT2D eigenvalue weighted by molar-refractivity contribution is -0.117. The van der Waals surface area contributed by atoms with Crippen molar-refractivity contribution < 1.29 is 13.2 Å². The van der Waals surface area contributed by atoms with E-state index in [-0.39, 0.29) is 16.8 Å². The molecule has 2 aromatic carbocycles. The molecule has 0 aliphatic carbocycles. The SMILES string of the molecule is O=C(CN1CCC(NS(=O)(=O)c2ccc(Cl)cc2)CC1)Nc1ccccc1. The highest BCUT2D eigenvalue weighted by molar-refractivity contribution is 7.89. The van der Waals surface area contributed by atoms with E-state index < -0.39 is 10.0 Å². The van der Waals surface area contributed by atoms with Gasteiger partial charge < -0.3 is 5.32 Å². The van der Waals surface area contributed by atoms with E-state index in [0.29, 0.717) is 37.5 Å². The average molecular weight is 408 g/mol. The molecule has 27 heavy (non-hydrogen) atoms. The third-order valence-corrected chi connectivity index (χ3v) is 6.25. The molecule has 0 saturated carbocycles. The molecule has 0 spiro atoms. The summed E-state index contributed by atoms with van der Waals surface area (Å²) in [5.74, 6) is -0.0682. The molecule has 6 nitrogen and oxygen atoms in total. The molecule has 1 aliphatic heterocycles. The third-order valence-electron chi connectivity index (χ3n) is 4.46. The van der Waals surface area contributed by atoms with Gasteiger partial charge in [-0.2, -0.15) is 0 Å². The van der Waals surface area contributed by atoms with E-state index in [0.717, 1.165) is 5.69 Å². The molecular weight excluding hydrogens is 386 g/mol. The Kier molecular flexibility index (Phi) is 6.49. The van der Waals surface area contributed by atoms with Crippen molar-refractivity contribution in [3.8, 4) is 0 Å². The van der Waals surface area contributed by atoms with Gasteiger partial charge in [0.2, 0.25) is 15.9 Å². The summed E-state index contributed by atoms with van der Waals surface area (Å²) in [5.41, 5.74) is 0.771. The molecule has 1 aliphatic rings. The smallest absolute Gasteiger partial charge is 0.240 e. The zero-order chi connectivity index (χ0) is 19.3. The molecule has 0 aromatic heterocycles. The maximum atomic E-state index is 12.4. The van der Waals surface area contributed by atoms with E-state index in [2.05, 4.69) is 10.0 Å². The highest BCUT2D eigenvalue weighted by Gasteiger charge is 2.25. The fourth-order valence-corrected chi connectivity index (χ4v) is 4.47. The lowest BCUT2D eigenvalue weighted by atomic mass is 10.1. The van der Waals surface area contributed by atoms with Crippen LogP contribution in [0.15, 0.2) is 59.5 Å². The minimum Gasteiger partial charge on any atom is -0.325 e. The maximum absolute atomic E-state index is 12.4. The van der Waals surface area contributed by atoms with E-state index in [1.54, 1.807) is 12.1 Å². The number of para-hydroxylation sites is 1. The molecule has 8 heteroatoms.